The molecule has 0 saturated carbocycles. The SMILES string of the molecule is C=CC(Cc1ccc(C)cc1)NC(=O)OC(C)(C)C. The molecule has 0 aromatic heterocycles. The maximum atomic E-state index is 11.7. The standard InChI is InChI=1S/C16H23NO2/c1-6-14(17-15(18)19-16(3,4)5)11-13-9-7-12(2)8-10-13/h6-10,14H,1,11H2,2-5H3,(H,17,18). The molecule has 3 nitrogen and oxygen atoms in total. The van der Waals surface area contributed by atoms with Gasteiger partial charge >= 0.3 is 6.09 Å². The van der Waals surface area contributed by atoms with Crippen molar-refractivity contribution in [3.05, 3.63) is 48.0 Å². The second-order valence-corrected chi connectivity index (χ2v) is 5.68. The highest BCUT2D eigenvalue weighted by Crippen LogP contribution is 2.09. The summed E-state index contributed by atoms with van der Waals surface area (Å²) in [5, 5.41) is 2.81. The van der Waals surface area contributed by atoms with Crippen LogP contribution in [0.1, 0.15) is 31.9 Å². The van der Waals surface area contributed by atoms with E-state index in [1.165, 1.54) is 5.56 Å². The fourth-order valence-electron chi connectivity index (χ4n) is 1.63. The lowest BCUT2D eigenvalue weighted by Gasteiger charge is -2.22. The van der Waals surface area contributed by atoms with Crippen molar-refractivity contribution in [2.75, 3.05) is 0 Å². The summed E-state index contributed by atoms with van der Waals surface area (Å²) in [5.74, 6) is 0. The summed E-state index contributed by atoms with van der Waals surface area (Å²) in [6, 6.07) is 8.11. The first-order chi connectivity index (χ1) is 8.80. The van der Waals surface area contributed by atoms with Crippen molar-refractivity contribution in [3.63, 3.8) is 0 Å². The maximum Gasteiger partial charge on any atom is 0.408 e. The van der Waals surface area contributed by atoms with Gasteiger partial charge in [0.1, 0.15) is 5.60 Å². The fourth-order valence-corrected chi connectivity index (χ4v) is 1.63. The lowest BCUT2D eigenvalue weighted by Crippen LogP contribution is -2.39. The molecule has 0 aliphatic rings. The third-order valence-electron chi connectivity index (χ3n) is 2.56. The molecule has 1 unspecified atom stereocenters. The molecule has 0 radical (unpaired) electrons. The minimum Gasteiger partial charge on any atom is -0.444 e. The molecule has 19 heavy (non-hydrogen) atoms. The number of amides is 1. The quantitative estimate of drug-likeness (QED) is 0.841. The van der Waals surface area contributed by atoms with Crippen LogP contribution in [-0.4, -0.2) is 17.7 Å². The van der Waals surface area contributed by atoms with E-state index in [4.69, 9.17) is 4.74 Å². The van der Waals surface area contributed by atoms with Gasteiger partial charge in [0.2, 0.25) is 0 Å². The van der Waals surface area contributed by atoms with Gasteiger partial charge in [0.15, 0.2) is 0 Å². The van der Waals surface area contributed by atoms with Crippen molar-refractivity contribution in [2.24, 2.45) is 0 Å². The van der Waals surface area contributed by atoms with Gasteiger partial charge in [-0.15, -0.1) is 6.58 Å². The predicted octanol–water partition coefficient (Wildman–Crippen LogP) is 3.62. The predicted molar refractivity (Wildman–Crippen MR) is 78.2 cm³/mol. The number of rotatable bonds is 4. The van der Waals surface area contributed by atoms with E-state index in [-0.39, 0.29) is 6.04 Å². The molecule has 0 heterocycles. The molecular formula is C16H23NO2. The Bertz CT molecular complexity index is 429. The monoisotopic (exact) mass is 261 g/mol. The third-order valence-corrected chi connectivity index (χ3v) is 2.56. The first kappa shape index (κ1) is 15.3. The number of hydrogen-bond acceptors (Lipinski definition) is 2. The summed E-state index contributed by atoms with van der Waals surface area (Å²) >= 11 is 0. The van der Waals surface area contributed by atoms with Gasteiger partial charge in [0.25, 0.3) is 0 Å². The van der Waals surface area contributed by atoms with Crippen molar-refractivity contribution in [1.82, 2.24) is 5.32 Å². The van der Waals surface area contributed by atoms with Gasteiger partial charge in [-0.2, -0.15) is 0 Å². The summed E-state index contributed by atoms with van der Waals surface area (Å²) in [7, 11) is 0. The van der Waals surface area contributed by atoms with Gasteiger partial charge in [-0.1, -0.05) is 35.9 Å². The van der Waals surface area contributed by atoms with E-state index in [0.29, 0.717) is 6.42 Å². The molecule has 1 N–H and O–H groups in total. The Morgan fingerprint density at radius 2 is 1.95 bits per heavy atom. The van der Waals surface area contributed by atoms with Crippen LogP contribution in [0.2, 0.25) is 0 Å². The Morgan fingerprint density at radius 3 is 2.42 bits per heavy atom. The lowest BCUT2D eigenvalue weighted by molar-refractivity contribution is 0.0514. The minimum absolute atomic E-state index is 0.127. The molecule has 3 heteroatoms. The highest BCUT2D eigenvalue weighted by atomic mass is 16.6. The van der Waals surface area contributed by atoms with Gasteiger partial charge in [0, 0.05) is 0 Å². The van der Waals surface area contributed by atoms with Gasteiger partial charge in [-0.05, 0) is 39.7 Å². The van der Waals surface area contributed by atoms with Gasteiger partial charge in [-0.25, -0.2) is 4.79 Å². The highest BCUT2D eigenvalue weighted by Gasteiger charge is 2.18. The largest absolute Gasteiger partial charge is 0.444 e. The van der Waals surface area contributed by atoms with Crippen LogP contribution in [0.4, 0.5) is 4.79 Å². The van der Waals surface area contributed by atoms with E-state index in [2.05, 4.69) is 36.2 Å². The number of nitrogens with one attached hydrogen (secondary N) is 1. The van der Waals surface area contributed by atoms with Crippen molar-refractivity contribution in [2.45, 2.75) is 45.8 Å². The first-order valence-electron chi connectivity index (χ1n) is 6.48. The number of hydrogen-bond donors (Lipinski definition) is 1. The van der Waals surface area contributed by atoms with Crippen LogP contribution in [0.5, 0.6) is 0 Å². The average Bonchev–Trinajstić information content (AvgIpc) is 2.28. The molecule has 104 valence electrons. The summed E-state index contributed by atoms with van der Waals surface area (Å²) in [5.41, 5.74) is 1.89. The molecule has 0 fully saturated rings. The van der Waals surface area contributed by atoms with E-state index in [1.54, 1.807) is 6.08 Å². The van der Waals surface area contributed by atoms with Crippen LogP contribution in [0.25, 0.3) is 0 Å². The average molecular weight is 261 g/mol. The van der Waals surface area contributed by atoms with E-state index < -0.39 is 11.7 Å². The maximum absolute atomic E-state index is 11.7. The molecular weight excluding hydrogens is 238 g/mol. The lowest BCUT2D eigenvalue weighted by atomic mass is 10.0. The number of ether oxygens (including phenoxy) is 1. The van der Waals surface area contributed by atoms with E-state index in [9.17, 15) is 4.79 Å². The first-order valence-corrected chi connectivity index (χ1v) is 6.48. The molecule has 1 aromatic rings. The van der Waals surface area contributed by atoms with Crippen LogP contribution < -0.4 is 5.32 Å². The summed E-state index contributed by atoms with van der Waals surface area (Å²) in [4.78, 5) is 11.7. The van der Waals surface area contributed by atoms with Crippen LogP contribution in [0.3, 0.4) is 0 Å². The summed E-state index contributed by atoms with van der Waals surface area (Å²) in [6.45, 7) is 11.3. The third kappa shape index (κ3) is 6.09. The van der Waals surface area contributed by atoms with Crippen molar-refractivity contribution >= 4 is 6.09 Å². The Hall–Kier alpha value is -1.77. The van der Waals surface area contributed by atoms with Gasteiger partial charge in [-0.3, -0.25) is 0 Å². The van der Waals surface area contributed by atoms with Crippen LogP contribution in [0, 0.1) is 6.92 Å². The summed E-state index contributed by atoms with van der Waals surface area (Å²) in [6.07, 6.45) is 2.02. The zero-order valence-corrected chi connectivity index (χ0v) is 12.2. The van der Waals surface area contributed by atoms with Crippen LogP contribution in [0.15, 0.2) is 36.9 Å². The molecule has 1 amide bonds. The molecule has 0 saturated heterocycles. The fraction of sp³-hybridized carbons (Fsp3) is 0.438. The number of carbonyl (C=O) groups excluding carboxylic acids is 1. The van der Waals surface area contributed by atoms with Gasteiger partial charge in [0.05, 0.1) is 6.04 Å². The normalized spacial score (nSPS) is 12.6. The van der Waals surface area contributed by atoms with Gasteiger partial charge < -0.3 is 10.1 Å². The highest BCUT2D eigenvalue weighted by molar-refractivity contribution is 5.68. The molecule has 0 bridgehead atoms. The Morgan fingerprint density at radius 1 is 1.37 bits per heavy atom. The zero-order chi connectivity index (χ0) is 14.5. The molecule has 0 aliphatic heterocycles. The van der Waals surface area contributed by atoms with Crippen molar-refractivity contribution in [3.8, 4) is 0 Å². The van der Waals surface area contributed by atoms with Crippen molar-refractivity contribution < 1.29 is 9.53 Å². The second kappa shape index (κ2) is 6.41. The minimum atomic E-state index is -0.486. The Balaban J connectivity index is 2.57. The van der Waals surface area contributed by atoms with Crippen LogP contribution >= 0.6 is 0 Å². The van der Waals surface area contributed by atoms with Crippen LogP contribution in [-0.2, 0) is 11.2 Å². The van der Waals surface area contributed by atoms with E-state index >= 15 is 0 Å². The number of alkyl carbamates (subject to hydrolysis) is 1. The van der Waals surface area contributed by atoms with E-state index in [0.717, 1.165) is 5.56 Å². The van der Waals surface area contributed by atoms with Crippen molar-refractivity contribution in [1.29, 1.82) is 0 Å². The molecule has 0 aliphatic carbocycles. The molecule has 0 spiro atoms. The number of benzene rings is 1. The zero-order valence-electron chi connectivity index (χ0n) is 12.2. The molecule has 1 rings (SSSR count). The number of carbonyl (C=O) groups is 1. The topological polar surface area (TPSA) is 38.3 Å². The molecule has 1 atom stereocenters. The Labute approximate surface area is 115 Å². The van der Waals surface area contributed by atoms with E-state index in [1.807, 2.05) is 27.7 Å². The smallest absolute Gasteiger partial charge is 0.408 e. The molecule has 1 aromatic carbocycles. The summed E-state index contributed by atoms with van der Waals surface area (Å²) < 4.78 is 5.23. The number of aryl methyl sites for hydroxylation is 1. The Kier molecular flexibility index (Phi) is 5.16. The second-order valence-electron chi connectivity index (χ2n) is 5.68.